The van der Waals surface area contributed by atoms with Crippen molar-refractivity contribution in [3.8, 4) is 22.8 Å². The van der Waals surface area contributed by atoms with E-state index in [2.05, 4.69) is 24.8 Å². The van der Waals surface area contributed by atoms with E-state index in [1.54, 1.807) is 20.4 Å². The monoisotopic (exact) mass is 439 g/mol. The Morgan fingerprint density at radius 1 is 1.00 bits per heavy atom. The Labute approximate surface area is 187 Å². The third kappa shape index (κ3) is 4.66. The SMILES string of the molecule is CCOCCN1CCN(c2nc(N)nc3ncc(-c4ccc(OC)c(OC)c4)nc23)CC1. The van der Waals surface area contributed by atoms with E-state index < -0.39 is 0 Å². The van der Waals surface area contributed by atoms with Crippen LogP contribution in [0.4, 0.5) is 11.8 Å². The lowest BCUT2D eigenvalue weighted by Crippen LogP contribution is -2.47. The van der Waals surface area contributed by atoms with Crippen molar-refractivity contribution < 1.29 is 14.2 Å². The van der Waals surface area contributed by atoms with Gasteiger partial charge in [0.25, 0.3) is 0 Å². The summed E-state index contributed by atoms with van der Waals surface area (Å²) in [5.74, 6) is 2.19. The maximum absolute atomic E-state index is 5.98. The van der Waals surface area contributed by atoms with Crippen LogP contribution in [0.2, 0.25) is 0 Å². The fourth-order valence-corrected chi connectivity index (χ4v) is 3.79. The van der Waals surface area contributed by atoms with E-state index in [9.17, 15) is 0 Å². The Morgan fingerprint density at radius 2 is 1.78 bits per heavy atom. The number of fused-ring (bicyclic) bond motifs is 1. The Morgan fingerprint density at radius 3 is 2.50 bits per heavy atom. The number of hydrogen-bond acceptors (Lipinski definition) is 10. The highest BCUT2D eigenvalue weighted by atomic mass is 16.5. The number of benzene rings is 1. The highest BCUT2D eigenvalue weighted by Crippen LogP contribution is 2.32. The second-order valence-corrected chi connectivity index (χ2v) is 7.43. The van der Waals surface area contributed by atoms with Crippen LogP contribution in [0.5, 0.6) is 11.5 Å². The molecule has 0 unspecified atom stereocenters. The van der Waals surface area contributed by atoms with Crippen molar-refractivity contribution in [3.05, 3.63) is 24.4 Å². The van der Waals surface area contributed by atoms with Crippen molar-refractivity contribution in [2.45, 2.75) is 6.92 Å². The number of aromatic nitrogens is 4. The van der Waals surface area contributed by atoms with Crippen molar-refractivity contribution in [1.29, 1.82) is 0 Å². The Hall–Kier alpha value is -3.24. The van der Waals surface area contributed by atoms with Crippen molar-refractivity contribution >= 4 is 22.9 Å². The average molecular weight is 440 g/mol. The Kier molecular flexibility index (Phi) is 6.81. The van der Waals surface area contributed by atoms with Gasteiger partial charge < -0.3 is 24.8 Å². The fraction of sp³-hybridized carbons (Fsp3) is 0.455. The number of hydrogen-bond donors (Lipinski definition) is 1. The number of nitrogens with two attached hydrogens (primary N) is 1. The lowest BCUT2D eigenvalue weighted by Gasteiger charge is -2.35. The predicted octanol–water partition coefficient (Wildman–Crippen LogP) is 1.84. The van der Waals surface area contributed by atoms with Gasteiger partial charge in [-0.25, -0.2) is 9.97 Å². The van der Waals surface area contributed by atoms with Crippen molar-refractivity contribution in [1.82, 2.24) is 24.8 Å². The largest absolute Gasteiger partial charge is 0.493 e. The summed E-state index contributed by atoms with van der Waals surface area (Å²) >= 11 is 0. The molecule has 3 heterocycles. The minimum absolute atomic E-state index is 0.194. The summed E-state index contributed by atoms with van der Waals surface area (Å²) in [4.78, 5) is 22.8. The molecule has 0 spiro atoms. The van der Waals surface area contributed by atoms with E-state index in [1.807, 2.05) is 25.1 Å². The summed E-state index contributed by atoms with van der Waals surface area (Å²) in [5.41, 5.74) is 8.66. The van der Waals surface area contributed by atoms with Crippen LogP contribution in [-0.4, -0.2) is 85.0 Å². The first kappa shape index (κ1) is 22.0. The lowest BCUT2D eigenvalue weighted by molar-refractivity contribution is 0.111. The first-order chi connectivity index (χ1) is 15.6. The predicted molar refractivity (Wildman–Crippen MR) is 123 cm³/mol. The third-order valence-electron chi connectivity index (χ3n) is 5.51. The number of nitrogen functional groups attached to an aromatic ring is 1. The van der Waals surface area contributed by atoms with E-state index in [-0.39, 0.29) is 5.95 Å². The van der Waals surface area contributed by atoms with Gasteiger partial charge in [0.15, 0.2) is 28.5 Å². The van der Waals surface area contributed by atoms with Gasteiger partial charge in [-0.1, -0.05) is 0 Å². The van der Waals surface area contributed by atoms with Gasteiger partial charge in [0, 0.05) is 44.9 Å². The molecule has 0 amide bonds. The van der Waals surface area contributed by atoms with Gasteiger partial charge in [-0.2, -0.15) is 9.97 Å². The molecule has 0 bridgehead atoms. The van der Waals surface area contributed by atoms with Gasteiger partial charge in [-0.3, -0.25) is 4.90 Å². The van der Waals surface area contributed by atoms with Gasteiger partial charge in [0.1, 0.15) is 0 Å². The molecule has 0 atom stereocenters. The standard InChI is InChI=1S/C22H29N7O3/c1-4-32-12-11-28-7-9-29(10-8-28)21-19-20(26-22(23)27-21)24-14-16(25-19)15-5-6-17(30-2)18(13-15)31-3/h5-6,13-14H,4,7-12H2,1-3H3,(H2,23,24,26,27). The number of methoxy groups -OCH3 is 2. The molecule has 1 saturated heterocycles. The normalized spacial score (nSPS) is 14.7. The highest BCUT2D eigenvalue weighted by Gasteiger charge is 2.22. The molecular weight excluding hydrogens is 410 g/mol. The molecule has 1 aromatic carbocycles. The smallest absolute Gasteiger partial charge is 0.224 e. The van der Waals surface area contributed by atoms with Gasteiger partial charge >= 0.3 is 0 Å². The molecule has 10 nitrogen and oxygen atoms in total. The number of anilines is 2. The minimum Gasteiger partial charge on any atom is -0.493 e. The van der Waals surface area contributed by atoms with E-state index in [4.69, 9.17) is 24.9 Å². The van der Waals surface area contributed by atoms with Crippen LogP contribution >= 0.6 is 0 Å². The highest BCUT2D eigenvalue weighted by molar-refractivity contribution is 5.86. The second-order valence-electron chi connectivity index (χ2n) is 7.43. The van der Waals surface area contributed by atoms with Crippen molar-refractivity contribution in [2.24, 2.45) is 0 Å². The molecule has 2 aromatic heterocycles. The summed E-state index contributed by atoms with van der Waals surface area (Å²) in [7, 11) is 3.22. The summed E-state index contributed by atoms with van der Waals surface area (Å²) in [5, 5.41) is 0. The van der Waals surface area contributed by atoms with Crippen molar-refractivity contribution in [2.75, 3.05) is 70.8 Å². The number of nitrogens with zero attached hydrogens (tertiary/aromatic N) is 6. The third-order valence-corrected chi connectivity index (χ3v) is 5.51. The molecule has 170 valence electrons. The van der Waals surface area contributed by atoms with E-state index in [0.29, 0.717) is 34.2 Å². The average Bonchev–Trinajstić information content (AvgIpc) is 2.83. The molecule has 1 aliphatic heterocycles. The molecule has 0 saturated carbocycles. The van der Waals surface area contributed by atoms with Gasteiger partial charge in [0.05, 0.1) is 32.7 Å². The first-order valence-electron chi connectivity index (χ1n) is 10.7. The number of piperazine rings is 1. The molecule has 0 radical (unpaired) electrons. The zero-order chi connectivity index (χ0) is 22.5. The topological polar surface area (TPSA) is 112 Å². The van der Waals surface area contributed by atoms with Crippen LogP contribution < -0.4 is 20.1 Å². The molecule has 2 N–H and O–H groups in total. The molecule has 10 heteroatoms. The minimum atomic E-state index is 0.194. The first-order valence-corrected chi connectivity index (χ1v) is 10.7. The fourth-order valence-electron chi connectivity index (χ4n) is 3.79. The lowest BCUT2D eigenvalue weighted by atomic mass is 10.1. The summed E-state index contributed by atoms with van der Waals surface area (Å²) in [6.45, 7) is 7.91. The van der Waals surface area contributed by atoms with E-state index in [0.717, 1.165) is 51.5 Å². The molecule has 4 rings (SSSR count). The van der Waals surface area contributed by atoms with Crippen LogP contribution in [0.25, 0.3) is 22.4 Å². The summed E-state index contributed by atoms with van der Waals surface area (Å²) < 4.78 is 16.2. The molecule has 0 aliphatic carbocycles. The number of rotatable bonds is 8. The zero-order valence-corrected chi connectivity index (χ0v) is 18.7. The van der Waals surface area contributed by atoms with Crippen LogP contribution in [-0.2, 0) is 4.74 Å². The molecule has 1 aliphatic rings. The summed E-state index contributed by atoms with van der Waals surface area (Å²) in [6.07, 6.45) is 1.69. The summed E-state index contributed by atoms with van der Waals surface area (Å²) in [6, 6.07) is 5.65. The number of ether oxygens (including phenoxy) is 3. The molecule has 1 fully saturated rings. The van der Waals surface area contributed by atoms with Crippen LogP contribution in [0.1, 0.15) is 6.92 Å². The molecule has 3 aromatic rings. The van der Waals surface area contributed by atoms with E-state index in [1.165, 1.54) is 0 Å². The van der Waals surface area contributed by atoms with Crippen LogP contribution in [0.15, 0.2) is 24.4 Å². The quantitative estimate of drug-likeness (QED) is 0.522. The Balaban J connectivity index is 1.63. The van der Waals surface area contributed by atoms with Crippen LogP contribution in [0, 0.1) is 0 Å². The molecular formula is C22H29N7O3. The molecule has 32 heavy (non-hydrogen) atoms. The maximum atomic E-state index is 5.98. The maximum Gasteiger partial charge on any atom is 0.224 e. The van der Waals surface area contributed by atoms with Gasteiger partial charge in [-0.15, -0.1) is 0 Å². The van der Waals surface area contributed by atoms with Crippen LogP contribution in [0.3, 0.4) is 0 Å². The van der Waals surface area contributed by atoms with Crippen molar-refractivity contribution in [3.63, 3.8) is 0 Å². The second kappa shape index (κ2) is 9.92. The van der Waals surface area contributed by atoms with Gasteiger partial charge in [0.2, 0.25) is 5.95 Å². The Bertz CT molecular complexity index is 1070. The van der Waals surface area contributed by atoms with Gasteiger partial charge in [-0.05, 0) is 25.1 Å². The van der Waals surface area contributed by atoms with E-state index >= 15 is 0 Å². The zero-order valence-electron chi connectivity index (χ0n) is 18.7.